The van der Waals surface area contributed by atoms with Crippen molar-refractivity contribution in [3.8, 4) is 5.75 Å². The van der Waals surface area contributed by atoms with Crippen LogP contribution in [0.5, 0.6) is 5.75 Å². The Morgan fingerprint density at radius 1 is 1.33 bits per heavy atom. The third-order valence-electron chi connectivity index (χ3n) is 3.94. The van der Waals surface area contributed by atoms with E-state index in [1.807, 2.05) is 16.9 Å². The van der Waals surface area contributed by atoms with Crippen molar-refractivity contribution < 1.29 is 4.74 Å². The lowest BCUT2D eigenvalue weighted by Gasteiger charge is -2.32. The van der Waals surface area contributed by atoms with Crippen LogP contribution in [0.15, 0.2) is 36.7 Å². The molecule has 3 rings (SSSR count). The van der Waals surface area contributed by atoms with Crippen LogP contribution in [0.2, 0.25) is 0 Å². The molecule has 0 aliphatic carbocycles. The van der Waals surface area contributed by atoms with E-state index in [1.54, 1.807) is 0 Å². The normalized spacial score (nSPS) is 20.9. The highest BCUT2D eigenvalue weighted by Gasteiger charge is 2.29. The summed E-state index contributed by atoms with van der Waals surface area (Å²) in [4.78, 5) is 0. The number of hydrogen-bond donors (Lipinski definition) is 1. The molecule has 1 aliphatic rings. The Morgan fingerprint density at radius 2 is 2.19 bits per heavy atom. The summed E-state index contributed by atoms with van der Waals surface area (Å²) in [6.45, 7) is 6.23. The Labute approximate surface area is 126 Å². The molecule has 2 aromatic rings. The molecule has 0 radical (unpaired) electrons. The van der Waals surface area contributed by atoms with Crippen LogP contribution in [0, 0.1) is 0 Å². The molecule has 2 atom stereocenters. The van der Waals surface area contributed by atoms with E-state index in [4.69, 9.17) is 4.74 Å². The highest BCUT2D eigenvalue weighted by Crippen LogP contribution is 2.40. The summed E-state index contributed by atoms with van der Waals surface area (Å²) < 4.78 is 8.19. The van der Waals surface area contributed by atoms with E-state index in [0.717, 1.165) is 31.7 Å². The number of para-hydroxylation sites is 1. The molecule has 0 fully saturated rings. The van der Waals surface area contributed by atoms with Crippen molar-refractivity contribution in [2.75, 3.05) is 6.54 Å². The lowest BCUT2D eigenvalue weighted by atomic mass is 9.94. The van der Waals surface area contributed by atoms with E-state index in [9.17, 15) is 0 Å². The minimum Gasteiger partial charge on any atom is -0.485 e. The molecule has 0 spiro atoms. The molecule has 112 valence electrons. The van der Waals surface area contributed by atoms with Gasteiger partial charge in [-0.05, 0) is 19.0 Å². The molecule has 1 aromatic heterocycles. The third kappa shape index (κ3) is 2.95. The number of fused-ring (bicyclic) bond motifs is 1. The summed E-state index contributed by atoms with van der Waals surface area (Å²) in [5, 5.41) is 7.99. The van der Waals surface area contributed by atoms with Crippen LogP contribution in [-0.4, -0.2) is 16.3 Å². The van der Waals surface area contributed by atoms with Crippen molar-refractivity contribution >= 4 is 0 Å². The van der Waals surface area contributed by atoms with Gasteiger partial charge < -0.3 is 10.1 Å². The fourth-order valence-corrected chi connectivity index (χ4v) is 2.96. The molecular weight excluding hydrogens is 262 g/mol. The van der Waals surface area contributed by atoms with Gasteiger partial charge in [0.2, 0.25) is 0 Å². The van der Waals surface area contributed by atoms with Crippen molar-refractivity contribution in [2.24, 2.45) is 0 Å². The van der Waals surface area contributed by atoms with Crippen LogP contribution in [0.3, 0.4) is 0 Å². The Hall–Kier alpha value is -1.81. The zero-order valence-corrected chi connectivity index (χ0v) is 12.7. The molecule has 0 amide bonds. The smallest absolute Gasteiger partial charge is 0.129 e. The summed E-state index contributed by atoms with van der Waals surface area (Å²) >= 11 is 0. The first-order valence-corrected chi connectivity index (χ1v) is 7.83. The number of aryl methyl sites for hydroxylation is 1. The van der Waals surface area contributed by atoms with Crippen LogP contribution in [-0.2, 0) is 6.54 Å². The van der Waals surface area contributed by atoms with Crippen LogP contribution < -0.4 is 10.1 Å². The van der Waals surface area contributed by atoms with E-state index in [2.05, 4.69) is 48.7 Å². The molecule has 2 heterocycles. The van der Waals surface area contributed by atoms with Crippen molar-refractivity contribution in [2.45, 2.75) is 45.4 Å². The van der Waals surface area contributed by atoms with Gasteiger partial charge in [0.1, 0.15) is 11.9 Å². The summed E-state index contributed by atoms with van der Waals surface area (Å²) in [7, 11) is 0. The van der Waals surface area contributed by atoms with Gasteiger partial charge in [0.15, 0.2) is 0 Å². The predicted molar refractivity (Wildman–Crippen MR) is 83.4 cm³/mol. The lowest BCUT2D eigenvalue weighted by molar-refractivity contribution is 0.152. The first-order chi connectivity index (χ1) is 10.3. The van der Waals surface area contributed by atoms with Gasteiger partial charge in [-0.3, -0.25) is 4.68 Å². The maximum Gasteiger partial charge on any atom is 0.129 e. The molecule has 4 nitrogen and oxygen atoms in total. The summed E-state index contributed by atoms with van der Waals surface area (Å²) in [6, 6.07) is 8.66. The van der Waals surface area contributed by atoms with Crippen molar-refractivity contribution in [3.05, 3.63) is 47.8 Å². The maximum atomic E-state index is 6.19. The molecule has 0 bridgehead atoms. The molecule has 21 heavy (non-hydrogen) atoms. The van der Waals surface area contributed by atoms with Crippen LogP contribution in [0.4, 0.5) is 0 Å². The number of nitrogens with one attached hydrogen (secondary N) is 1. The standard InChI is InChI=1S/C17H23N3O/c1-3-9-20-12-13(11-19-20)17-10-15(18-4-2)14-7-5-6-8-16(14)21-17/h5-8,11-12,15,17-18H,3-4,9-10H2,1-2H3. The second kappa shape index (κ2) is 6.31. The van der Waals surface area contributed by atoms with E-state index >= 15 is 0 Å². The van der Waals surface area contributed by atoms with Gasteiger partial charge in [0.05, 0.1) is 6.20 Å². The van der Waals surface area contributed by atoms with Crippen LogP contribution >= 0.6 is 0 Å². The Balaban J connectivity index is 1.84. The van der Waals surface area contributed by atoms with Crippen molar-refractivity contribution in [1.29, 1.82) is 0 Å². The topological polar surface area (TPSA) is 39.1 Å². The fourth-order valence-electron chi connectivity index (χ4n) is 2.96. The molecular formula is C17H23N3O. The van der Waals surface area contributed by atoms with E-state index < -0.39 is 0 Å². The van der Waals surface area contributed by atoms with Gasteiger partial charge in [0.25, 0.3) is 0 Å². The average molecular weight is 285 g/mol. The van der Waals surface area contributed by atoms with Gasteiger partial charge in [-0.15, -0.1) is 0 Å². The van der Waals surface area contributed by atoms with Gasteiger partial charge in [0, 0.05) is 36.3 Å². The Bertz CT molecular complexity index is 593. The SMILES string of the molecule is CCCn1cc(C2CC(NCC)c3ccccc3O2)cn1. The highest BCUT2D eigenvalue weighted by molar-refractivity contribution is 5.38. The summed E-state index contributed by atoms with van der Waals surface area (Å²) in [5.74, 6) is 0.989. The largest absolute Gasteiger partial charge is 0.485 e. The zero-order chi connectivity index (χ0) is 14.7. The number of benzene rings is 1. The van der Waals surface area contributed by atoms with Gasteiger partial charge in [-0.1, -0.05) is 32.0 Å². The maximum absolute atomic E-state index is 6.19. The van der Waals surface area contributed by atoms with E-state index in [0.29, 0.717) is 6.04 Å². The molecule has 1 aliphatic heterocycles. The fraction of sp³-hybridized carbons (Fsp3) is 0.471. The number of aromatic nitrogens is 2. The molecule has 0 saturated heterocycles. The highest BCUT2D eigenvalue weighted by atomic mass is 16.5. The van der Waals surface area contributed by atoms with E-state index in [-0.39, 0.29) is 6.10 Å². The van der Waals surface area contributed by atoms with Gasteiger partial charge in [-0.25, -0.2) is 0 Å². The molecule has 1 N–H and O–H groups in total. The van der Waals surface area contributed by atoms with Crippen LogP contribution in [0.1, 0.15) is 50.0 Å². The zero-order valence-electron chi connectivity index (χ0n) is 12.7. The first-order valence-electron chi connectivity index (χ1n) is 7.83. The minimum absolute atomic E-state index is 0.0783. The molecule has 2 unspecified atom stereocenters. The average Bonchev–Trinajstić information content (AvgIpc) is 2.96. The van der Waals surface area contributed by atoms with E-state index in [1.165, 1.54) is 11.1 Å². The summed E-state index contributed by atoms with van der Waals surface area (Å²) in [5.41, 5.74) is 2.43. The number of rotatable bonds is 5. The number of hydrogen-bond acceptors (Lipinski definition) is 3. The Kier molecular flexibility index (Phi) is 4.25. The summed E-state index contributed by atoms with van der Waals surface area (Å²) in [6.07, 6.45) is 6.18. The number of nitrogens with zero attached hydrogens (tertiary/aromatic N) is 2. The van der Waals surface area contributed by atoms with Crippen molar-refractivity contribution in [3.63, 3.8) is 0 Å². The van der Waals surface area contributed by atoms with Gasteiger partial charge >= 0.3 is 0 Å². The monoisotopic (exact) mass is 285 g/mol. The second-order valence-electron chi connectivity index (χ2n) is 5.53. The van der Waals surface area contributed by atoms with Crippen molar-refractivity contribution in [1.82, 2.24) is 15.1 Å². The quantitative estimate of drug-likeness (QED) is 0.914. The van der Waals surface area contributed by atoms with Crippen LogP contribution in [0.25, 0.3) is 0 Å². The molecule has 0 saturated carbocycles. The lowest BCUT2D eigenvalue weighted by Crippen LogP contribution is -2.28. The first kappa shape index (κ1) is 14.1. The number of ether oxygens (including phenoxy) is 1. The minimum atomic E-state index is 0.0783. The molecule has 1 aromatic carbocycles. The predicted octanol–water partition coefficient (Wildman–Crippen LogP) is 3.47. The van der Waals surface area contributed by atoms with Gasteiger partial charge in [-0.2, -0.15) is 5.10 Å². The third-order valence-corrected chi connectivity index (χ3v) is 3.94. The molecule has 4 heteroatoms. The Morgan fingerprint density at radius 3 is 3.00 bits per heavy atom. The second-order valence-corrected chi connectivity index (χ2v) is 5.53.